The molecule has 0 unspecified atom stereocenters. The van der Waals surface area contributed by atoms with Gasteiger partial charge in [0.1, 0.15) is 0 Å². The van der Waals surface area contributed by atoms with Gasteiger partial charge in [-0.25, -0.2) is 13.1 Å². The molecular weight excluding hydrogens is 279 g/mol. The van der Waals surface area contributed by atoms with Gasteiger partial charge in [-0.05, 0) is 18.6 Å². The predicted molar refractivity (Wildman–Crippen MR) is 64.5 cm³/mol. The SMILES string of the molecule is CC[C@@H](CO)NS(=O)(=O)c1ccc(F)c([N+](=O)[O-])c1. The zero-order valence-corrected chi connectivity index (χ0v) is 10.9. The minimum atomic E-state index is -4.04. The van der Waals surface area contributed by atoms with E-state index in [1.165, 1.54) is 0 Å². The first-order valence-corrected chi connectivity index (χ1v) is 6.87. The number of nitro benzene ring substituents is 1. The van der Waals surface area contributed by atoms with E-state index < -0.39 is 44.0 Å². The second-order valence-corrected chi connectivity index (χ2v) is 5.49. The van der Waals surface area contributed by atoms with Crippen molar-refractivity contribution < 1.29 is 22.8 Å². The highest BCUT2D eigenvalue weighted by molar-refractivity contribution is 7.89. The largest absolute Gasteiger partial charge is 0.395 e. The van der Waals surface area contributed by atoms with E-state index in [-0.39, 0.29) is 0 Å². The van der Waals surface area contributed by atoms with Gasteiger partial charge in [0, 0.05) is 12.1 Å². The van der Waals surface area contributed by atoms with Crippen LogP contribution in [0.25, 0.3) is 0 Å². The molecule has 2 N–H and O–H groups in total. The zero-order chi connectivity index (χ0) is 14.6. The van der Waals surface area contributed by atoms with Crippen LogP contribution in [0.15, 0.2) is 23.1 Å². The Morgan fingerprint density at radius 3 is 2.63 bits per heavy atom. The van der Waals surface area contributed by atoms with Gasteiger partial charge in [-0.15, -0.1) is 0 Å². The normalized spacial score (nSPS) is 13.2. The lowest BCUT2D eigenvalue weighted by molar-refractivity contribution is -0.387. The number of nitrogens with zero attached hydrogens (tertiary/aromatic N) is 1. The van der Waals surface area contributed by atoms with Crippen LogP contribution in [0, 0.1) is 15.9 Å². The number of aliphatic hydroxyl groups is 1. The molecule has 0 spiro atoms. The first-order chi connectivity index (χ1) is 8.81. The molecule has 0 heterocycles. The molecule has 7 nitrogen and oxygen atoms in total. The van der Waals surface area contributed by atoms with Crippen molar-refractivity contribution in [1.82, 2.24) is 4.72 Å². The van der Waals surface area contributed by atoms with Crippen LogP contribution in [-0.2, 0) is 10.0 Å². The Morgan fingerprint density at radius 1 is 1.53 bits per heavy atom. The van der Waals surface area contributed by atoms with Gasteiger partial charge in [-0.1, -0.05) is 6.92 Å². The van der Waals surface area contributed by atoms with E-state index >= 15 is 0 Å². The zero-order valence-electron chi connectivity index (χ0n) is 10.0. The maximum atomic E-state index is 13.1. The van der Waals surface area contributed by atoms with Gasteiger partial charge in [0.05, 0.1) is 16.4 Å². The Labute approximate surface area is 109 Å². The Bertz CT molecular complexity index is 571. The van der Waals surface area contributed by atoms with Crippen LogP contribution in [-0.4, -0.2) is 31.1 Å². The highest BCUT2D eigenvalue weighted by Crippen LogP contribution is 2.21. The van der Waals surface area contributed by atoms with E-state index in [1.807, 2.05) is 0 Å². The molecule has 0 aliphatic rings. The fourth-order valence-electron chi connectivity index (χ4n) is 1.34. The molecule has 0 radical (unpaired) electrons. The van der Waals surface area contributed by atoms with Crippen LogP contribution in [0.1, 0.15) is 13.3 Å². The summed E-state index contributed by atoms with van der Waals surface area (Å²) in [5.41, 5.74) is -0.917. The number of nitrogens with one attached hydrogen (secondary N) is 1. The topological polar surface area (TPSA) is 110 Å². The van der Waals surface area contributed by atoms with Gasteiger partial charge >= 0.3 is 5.69 Å². The molecule has 19 heavy (non-hydrogen) atoms. The highest BCUT2D eigenvalue weighted by atomic mass is 32.2. The predicted octanol–water partition coefficient (Wildman–Crippen LogP) is 0.783. The third-order valence-electron chi connectivity index (χ3n) is 2.46. The van der Waals surface area contributed by atoms with Gasteiger partial charge in [-0.3, -0.25) is 10.1 Å². The molecule has 0 saturated heterocycles. The van der Waals surface area contributed by atoms with Gasteiger partial charge < -0.3 is 5.11 Å². The minimum Gasteiger partial charge on any atom is -0.395 e. The number of hydrogen-bond acceptors (Lipinski definition) is 5. The molecule has 0 aliphatic carbocycles. The van der Waals surface area contributed by atoms with E-state index in [2.05, 4.69) is 4.72 Å². The van der Waals surface area contributed by atoms with Crippen molar-refractivity contribution in [2.24, 2.45) is 0 Å². The van der Waals surface area contributed by atoms with Crippen molar-refractivity contribution in [3.05, 3.63) is 34.1 Å². The number of benzene rings is 1. The first-order valence-electron chi connectivity index (χ1n) is 5.39. The summed E-state index contributed by atoms with van der Waals surface area (Å²) in [6.07, 6.45) is 0.346. The quantitative estimate of drug-likeness (QED) is 0.595. The summed E-state index contributed by atoms with van der Waals surface area (Å²) in [6, 6.07) is 1.58. The van der Waals surface area contributed by atoms with Crippen molar-refractivity contribution in [3.8, 4) is 0 Å². The molecule has 106 valence electrons. The first kappa shape index (κ1) is 15.5. The van der Waals surface area contributed by atoms with Crippen LogP contribution < -0.4 is 4.72 Å². The van der Waals surface area contributed by atoms with E-state index in [1.54, 1.807) is 6.92 Å². The Balaban J connectivity index is 3.15. The molecule has 0 aliphatic heterocycles. The van der Waals surface area contributed by atoms with Crippen LogP contribution in [0.4, 0.5) is 10.1 Å². The van der Waals surface area contributed by atoms with Crippen LogP contribution in [0.5, 0.6) is 0 Å². The monoisotopic (exact) mass is 292 g/mol. The van der Waals surface area contributed by atoms with Crippen molar-refractivity contribution in [2.45, 2.75) is 24.3 Å². The average Bonchev–Trinajstić information content (AvgIpc) is 2.35. The summed E-state index contributed by atoms with van der Waals surface area (Å²) in [7, 11) is -4.04. The number of rotatable bonds is 6. The molecule has 0 aromatic heterocycles. The number of aliphatic hydroxyl groups excluding tert-OH is 1. The van der Waals surface area contributed by atoms with Gasteiger partial charge in [0.2, 0.25) is 15.8 Å². The lowest BCUT2D eigenvalue weighted by Crippen LogP contribution is -2.36. The molecule has 0 amide bonds. The van der Waals surface area contributed by atoms with Crippen molar-refractivity contribution >= 4 is 15.7 Å². The number of sulfonamides is 1. The molecule has 1 aromatic carbocycles. The van der Waals surface area contributed by atoms with Gasteiger partial charge in [0.25, 0.3) is 0 Å². The Kier molecular flexibility index (Phi) is 4.92. The lowest BCUT2D eigenvalue weighted by Gasteiger charge is -2.14. The third kappa shape index (κ3) is 3.69. The Morgan fingerprint density at radius 2 is 2.16 bits per heavy atom. The molecule has 9 heteroatoms. The van der Waals surface area contributed by atoms with Crippen molar-refractivity contribution in [1.29, 1.82) is 0 Å². The van der Waals surface area contributed by atoms with Crippen LogP contribution in [0.3, 0.4) is 0 Å². The molecule has 0 bridgehead atoms. The lowest BCUT2D eigenvalue weighted by atomic mass is 10.3. The molecule has 0 fully saturated rings. The summed E-state index contributed by atoms with van der Waals surface area (Å²) in [5, 5.41) is 19.5. The molecule has 0 saturated carbocycles. The highest BCUT2D eigenvalue weighted by Gasteiger charge is 2.23. The molecule has 1 rings (SSSR count). The average molecular weight is 292 g/mol. The Hall–Kier alpha value is -1.58. The van der Waals surface area contributed by atoms with Crippen LogP contribution in [0.2, 0.25) is 0 Å². The van der Waals surface area contributed by atoms with E-state index in [0.717, 1.165) is 6.07 Å². The summed E-state index contributed by atoms with van der Waals surface area (Å²) in [4.78, 5) is 9.12. The van der Waals surface area contributed by atoms with Crippen LogP contribution >= 0.6 is 0 Å². The van der Waals surface area contributed by atoms with Crippen molar-refractivity contribution in [3.63, 3.8) is 0 Å². The summed E-state index contributed by atoms with van der Waals surface area (Å²) < 4.78 is 39.0. The van der Waals surface area contributed by atoms with Gasteiger partial charge in [-0.2, -0.15) is 4.39 Å². The summed E-state index contributed by atoms with van der Waals surface area (Å²) >= 11 is 0. The van der Waals surface area contributed by atoms with Gasteiger partial charge in [0.15, 0.2) is 0 Å². The number of hydrogen-bond donors (Lipinski definition) is 2. The fourth-order valence-corrected chi connectivity index (χ4v) is 2.67. The fraction of sp³-hybridized carbons (Fsp3) is 0.400. The smallest absolute Gasteiger partial charge is 0.306 e. The summed E-state index contributed by atoms with van der Waals surface area (Å²) in [6.45, 7) is 1.26. The standard InChI is InChI=1S/C10H13FN2O5S/c1-2-7(6-14)12-19(17,18)8-3-4-9(11)10(5-8)13(15)16/h3-5,7,12,14H,2,6H2,1H3/t7-/m0/s1. The minimum absolute atomic E-state index is 0.346. The number of nitro groups is 1. The second kappa shape index (κ2) is 6.04. The van der Waals surface area contributed by atoms with E-state index in [4.69, 9.17) is 5.11 Å². The number of halogens is 1. The van der Waals surface area contributed by atoms with E-state index in [9.17, 15) is 22.9 Å². The van der Waals surface area contributed by atoms with Crippen molar-refractivity contribution in [2.75, 3.05) is 6.61 Å². The maximum absolute atomic E-state index is 13.1. The maximum Gasteiger partial charge on any atom is 0.306 e. The summed E-state index contributed by atoms with van der Waals surface area (Å²) in [5.74, 6) is -1.11. The third-order valence-corrected chi connectivity index (χ3v) is 3.98. The second-order valence-electron chi connectivity index (χ2n) is 3.78. The van der Waals surface area contributed by atoms with E-state index in [0.29, 0.717) is 18.6 Å². The molecular formula is C10H13FN2O5S. The molecule has 1 atom stereocenters. The molecule has 1 aromatic rings.